The van der Waals surface area contributed by atoms with E-state index in [1.54, 1.807) is 35.0 Å². The lowest BCUT2D eigenvalue weighted by atomic mass is 10.1. The second kappa shape index (κ2) is 8.68. The number of nitrogens with one attached hydrogen (secondary N) is 2. The highest BCUT2D eigenvalue weighted by molar-refractivity contribution is 5.96. The van der Waals surface area contributed by atoms with E-state index in [1.165, 1.54) is 6.20 Å². The van der Waals surface area contributed by atoms with Crippen molar-refractivity contribution in [2.45, 2.75) is 39.8 Å². The number of carbonyl (C=O) groups is 2. The highest BCUT2D eigenvalue weighted by atomic mass is 16.2. The third-order valence-corrected chi connectivity index (χ3v) is 4.50. The van der Waals surface area contributed by atoms with Crippen LogP contribution in [0.2, 0.25) is 0 Å². The largest absolute Gasteiger partial charge is 0.350 e. The first-order valence-electron chi connectivity index (χ1n) is 9.51. The monoisotopic (exact) mass is 392 g/mol. The summed E-state index contributed by atoms with van der Waals surface area (Å²) in [5.41, 5.74) is 2.58. The molecule has 7 heteroatoms. The zero-order chi connectivity index (χ0) is 21.0. The van der Waals surface area contributed by atoms with E-state index in [0.717, 1.165) is 5.56 Å². The van der Waals surface area contributed by atoms with Crippen LogP contribution in [-0.4, -0.2) is 27.6 Å². The van der Waals surface area contributed by atoms with Gasteiger partial charge < -0.3 is 10.6 Å². The van der Waals surface area contributed by atoms with Crippen molar-refractivity contribution < 1.29 is 9.59 Å². The lowest BCUT2D eigenvalue weighted by molar-refractivity contribution is -0.116. The van der Waals surface area contributed by atoms with Crippen LogP contribution in [-0.2, 0) is 11.3 Å². The topological polar surface area (TPSA) is 93.1 Å². The third kappa shape index (κ3) is 4.87. The van der Waals surface area contributed by atoms with Gasteiger partial charge >= 0.3 is 0 Å². The zero-order valence-corrected chi connectivity index (χ0v) is 16.7. The molecule has 3 rings (SSSR count). The molecule has 0 bridgehead atoms. The molecule has 0 atom stereocenters. The van der Waals surface area contributed by atoms with E-state index >= 15 is 0 Å². The van der Waals surface area contributed by atoms with Crippen LogP contribution in [0.1, 0.15) is 36.2 Å². The normalized spacial score (nSPS) is 10.9. The van der Waals surface area contributed by atoms with Crippen LogP contribution in [0.3, 0.4) is 0 Å². The van der Waals surface area contributed by atoms with Crippen molar-refractivity contribution in [3.63, 3.8) is 0 Å². The summed E-state index contributed by atoms with van der Waals surface area (Å²) in [7, 11) is 0. The van der Waals surface area contributed by atoms with Crippen LogP contribution in [0.15, 0.2) is 53.5 Å². The van der Waals surface area contributed by atoms with E-state index in [1.807, 2.05) is 32.9 Å². The maximum Gasteiger partial charge on any atom is 0.251 e. The van der Waals surface area contributed by atoms with Crippen LogP contribution in [0.25, 0.3) is 10.9 Å². The highest BCUT2D eigenvalue weighted by Crippen LogP contribution is 2.17. The van der Waals surface area contributed by atoms with Gasteiger partial charge in [0.2, 0.25) is 11.3 Å². The molecule has 3 aromatic rings. The van der Waals surface area contributed by atoms with Crippen molar-refractivity contribution in [2.75, 3.05) is 5.32 Å². The maximum absolute atomic E-state index is 12.4. The highest BCUT2D eigenvalue weighted by Gasteiger charge is 2.11. The van der Waals surface area contributed by atoms with Gasteiger partial charge in [-0.1, -0.05) is 12.1 Å². The van der Waals surface area contributed by atoms with E-state index in [-0.39, 0.29) is 29.7 Å². The zero-order valence-electron chi connectivity index (χ0n) is 16.7. The Morgan fingerprint density at radius 1 is 1.14 bits per heavy atom. The van der Waals surface area contributed by atoms with Gasteiger partial charge in [0, 0.05) is 29.1 Å². The molecule has 0 aliphatic rings. The summed E-state index contributed by atoms with van der Waals surface area (Å²) in [5, 5.41) is 10.4. The molecule has 1 heterocycles. The number of nitrogens with zero attached hydrogens (tertiary/aromatic N) is 2. The number of rotatable bonds is 6. The molecule has 2 aromatic carbocycles. The fourth-order valence-corrected chi connectivity index (χ4v) is 3.05. The van der Waals surface area contributed by atoms with E-state index < -0.39 is 0 Å². The Labute approximate surface area is 168 Å². The number of aromatic nitrogens is 2. The van der Waals surface area contributed by atoms with Crippen molar-refractivity contribution in [1.82, 2.24) is 15.1 Å². The molecule has 2 amide bonds. The fourth-order valence-electron chi connectivity index (χ4n) is 3.05. The number of hydrogen-bond acceptors (Lipinski definition) is 4. The summed E-state index contributed by atoms with van der Waals surface area (Å²) in [5.74, 6) is -0.311. The SMILES string of the molecule is Cc1cc(C(=O)NC(C)C)ccc1NC(=O)CCn1ncc(=O)c2ccccc21. The molecule has 0 saturated carbocycles. The number of para-hydroxylation sites is 1. The van der Waals surface area contributed by atoms with Crippen molar-refractivity contribution in [3.8, 4) is 0 Å². The van der Waals surface area contributed by atoms with Gasteiger partial charge in [-0.25, -0.2) is 0 Å². The minimum Gasteiger partial charge on any atom is -0.350 e. The molecule has 0 saturated heterocycles. The Morgan fingerprint density at radius 3 is 2.62 bits per heavy atom. The Kier molecular flexibility index (Phi) is 6.07. The van der Waals surface area contributed by atoms with Crippen molar-refractivity contribution in [2.24, 2.45) is 0 Å². The van der Waals surface area contributed by atoms with Gasteiger partial charge in [-0.05, 0) is 56.7 Å². The molecule has 150 valence electrons. The molecule has 2 N–H and O–H groups in total. The minimum absolute atomic E-state index is 0.0556. The Morgan fingerprint density at radius 2 is 1.90 bits per heavy atom. The lowest BCUT2D eigenvalue weighted by Crippen LogP contribution is -2.30. The maximum atomic E-state index is 12.4. The standard InChI is InChI=1S/C22H24N4O3/c1-14(2)24-22(29)16-8-9-18(15(3)12-16)25-21(28)10-11-26-19-7-5-4-6-17(19)20(27)13-23-26/h4-9,12-14H,10-11H2,1-3H3,(H,24,29)(H,25,28). The van der Waals surface area contributed by atoms with Crippen LogP contribution >= 0.6 is 0 Å². The van der Waals surface area contributed by atoms with E-state index in [2.05, 4.69) is 15.7 Å². The molecular weight excluding hydrogens is 368 g/mol. The average molecular weight is 392 g/mol. The summed E-state index contributed by atoms with van der Waals surface area (Å²) in [6, 6.07) is 12.4. The van der Waals surface area contributed by atoms with Crippen molar-refractivity contribution in [1.29, 1.82) is 0 Å². The van der Waals surface area contributed by atoms with Crippen LogP contribution < -0.4 is 16.1 Å². The molecule has 1 aromatic heterocycles. The first-order chi connectivity index (χ1) is 13.8. The summed E-state index contributed by atoms with van der Waals surface area (Å²) in [4.78, 5) is 36.4. The Hall–Kier alpha value is -3.48. The second-order valence-corrected chi connectivity index (χ2v) is 7.21. The van der Waals surface area contributed by atoms with Crippen LogP contribution in [0, 0.1) is 6.92 Å². The number of aryl methyl sites for hydroxylation is 2. The van der Waals surface area contributed by atoms with Crippen molar-refractivity contribution >= 4 is 28.4 Å². The number of benzene rings is 2. The molecule has 0 aliphatic carbocycles. The molecular formula is C22H24N4O3. The second-order valence-electron chi connectivity index (χ2n) is 7.21. The number of amides is 2. The van der Waals surface area contributed by atoms with Gasteiger partial charge in [-0.15, -0.1) is 0 Å². The molecule has 0 spiro atoms. The van der Waals surface area contributed by atoms with Crippen LogP contribution in [0.5, 0.6) is 0 Å². The smallest absolute Gasteiger partial charge is 0.251 e. The molecule has 0 unspecified atom stereocenters. The first kappa shape index (κ1) is 20.3. The van der Waals surface area contributed by atoms with E-state index in [4.69, 9.17) is 0 Å². The molecule has 29 heavy (non-hydrogen) atoms. The van der Waals surface area contributed by atoms with E-state index in [9.17, 15) is 14.4 Å². The summed E-state index contributed by atoms with van der Waals surface area (Å²) in [6.07, 6.45) is 1.47. The van der Waals surface area contributed by atoms with Gasteiger partial charge in [-0.2, -0.15) is 5.10 Å². The quantitative estimate of drug-likeness (QED) is 0.675. The van der Waals surface area contributed by atoms with Gasteiger partial charge in [0.1, 0.15) is 0 Å². The predicted molar refractivity (Wildman–Crippen MR) is 113 cm³/mol. The number of anilines is 1. The van der Waals surface area contributed by atoms with Gasteiger partial charge in [0.25, 0.3) is 5.91 Å². The molecule has 0 radical (unpaired) electrons. The predicted octanol–water partition coefficient (Wildman–Crippen LogP) is 2.87. The first-order valence-corrected chi connectivity index (χ1v) is 9.51. The summed E-state index contributed by atoms with van der Waals surface area (Å²) < 4.78 is 1.66. The number of fused-ring (bicyclic) bond motifs is 1. The van der Waals surface area contributed by atoms with E-state index in [0.29, 0.717) is 28.7 Å². The fraction of sp³-hybridized carbons (Fsp3) is 0.273. The third-order valence-electron chi connectivity index (χ3n) is 4.50. The average Bonchev–Trinajstić information content (AvgIpc) is 2.68. The molecule has 0 fully saturated rings. The molecule has 7 nitrogen and oxygen atoms in total. The van der Waals surface area contributed by atoms with Gasteiger partial charge in [-0.3, -0.25) is 19.1 Å². The Bertz CT molecular complexity index is 1120. The number of hydrogen-bond donors (Lipinski definition) is 2. The van der Waals surface area contributed by atoms with Gasteiger partial charge in [0.05, 0.1) is 18.3 Å². The number of carbonyl (C=O) groups excluding carboxylic acids is 2. The summed E-state index contributed by atoms with van der Waals surface area (Å²) in [6.45, 7) is 6.00. The Balaban J connectivity index is 1.67. The van der Waals surface area contributed by atoms with Crippen LogP contribution in [0.4, 0.5) is 5.69 Å². The van der Waals surface area contributed by atoms with Crippen molar-refractivity contribution in [3.05, 3.63) is 70.0 Å². The lowest BCUT2D eigenvalue weighted by Gasteiger charge is -2.13. The molecule has 0 aliphatic heterocycles. The van der Waals surface area contributed by atoms with Gasteiger partial charge in [0.15, 0.2) is 0 Å². The summed E-state index contributed by atoms with van der Waals surface area (Å²) >= 11 is 0. The minimum atomic E-state index is -0.169.